The molecule has 1 aromatic heterocycles. The number of nitrogens with zero attached hydrogens (tertiary/aromatic N) is 2. The Morgan fingerprint density at radius 3 is 2.78 bits per heavy atom. The number of nitrogens with one attached hydrogen (secondary N) is 1. The first kappa shape index (κ1) is 12.1. The van der Waals surface area contributed by atoms with E-state index >= 15 is 0 Å². The van der Waals surface area contributed by atoms with Gasteiger partial charge in [0.25, 0.3) is 0 Å². The molecule has 0 bridgehead atoms. The topological polar surface area (TPSA) is 37.8 Å². The second-order valence-corrected chi connectivity index (χ2v) is 5.98. The van der Waals surface area contributed by atoms with Crippen LogP contribution < -0.4 is 5.32 Å². The summed E-state index contributed by atoms with van der Waals surface area (Å²) < 4.78 is 0. The first-order valence-corrected chi connectivity index (χ1v) is 7.35. The summed E-state index contributed by atoms with van der Waals surface area (Å²) in [5.74, 6) is 2.05. The fourth-order valence-corrected chi connectivity index (χ4v) is 3.35. The van der Waals surface area contributed by atoms with Gasteiger partial charge in [0.2, 0.25) is 0 Å². The first-order chi connectivity index (χ1) is 8.83. The van der Waals surface area contributed by atoms with Crippen LogP contribution in [0.1, 0.15) is 57.2 Å². The summed E-state index contributed by atoms with van der Waals surface area (Å²) >= 11 is 0. The number of rotatable bonds is 4. The minimum Gasteiger partial charge on any atom is -0.306 e. The van der Waals surface area contributed by atoms with Gasteiger partial charge in [0.1, 0.15) is 0 Å². The molecule has 2 saturated carbocycles. The third-order valence-electron chi connectivity index (χ3n) is 4.52. The van der Waals surface area contributed by atoms with Crippen molar-refractivity contribution in [1.29, 1.82) is 0 Å². The maximum Gasteiger partial charge on any atom is 0.0753 e. The molecule has 1 heterocycles. The monoisotopic (exact) mass is 245 g/mol. The highest BCUT2D eigenvalue weighted by atomic mass is 15.0. The van der Waals surface area contributed by atoms with Gasteiger partial charge in [0.15, 0.2) is 0 Å². The van der Waals surface area contributed by atoms with Crippen molar-refractivity contribution in [2.45, 2.75) is 57.5 Å². The summed E-state index contributed by atoms with van der Waals surface area (Å²) in [4.78, 5) is 8.54. The number of hydrogen-bond acceptors (Lipinski definition) is 3. The SMILES string of the molecule is C[C@H](N[C@H]1CCC[C@@H](C2CC2)C1)c1cnccn1. The standard InChI is InChI=1S/C15H23N3/c1-11(15-10-16-7-8-17-15)18-14-4-2-3-13(9-14)12-5-6-12/h7-8,10-14,18H,2-6,9H2,1H3/t11-,13+,14-/m0/s1. The normalized spacial score (nSPS) is 30.1. The van der Waals surface area contributed by atoms with Gasteiger partial charge < -0.3 is 5.32 Å². The van der Waals surface area contributed by atoms with Gasteiger partial charge in [-0.15, -0.1) is 0 Å². The molecule has 2 fully saturated rings. The summed E-state index contributed by atoms with van der Waals surface area (Å²) in [5, 5.41) is 3.75. The van der Waals surface area contributed by atoms with Gasteiger partial charge >= 0.3 is 0 Å². The van der Waals surface area contributed by atoms with Crippen molar-refractivity contribution >= 4 is 0 Å². The van der Waals surface area contributed by atoms with Crippen molar-refractivity contribution in [3.8, 4) is 0 Å². The van der Waals surface area contributed by atoms with Crippen LogP contribution in [0.15, 0.2) is 18.6 Å². The molecule has 0 radical (unpaired) electrons. The molecule has 1 aromatic rings. The molecule has 0 spiro atoms. The Hall–Kier alpha value is -0.960. The average molecular weight is 245 g/mol. The quantitative estimate of drug-likeness (QED) is 0.885. The second kappa shape index (κ2) is 5.35. The summed E-state index contributed by atoms with van der Waals surface area (Å²) in [6, 6.07) is 1.00. The van der Waals surface area contributed by atoms with Crippen LogP contribution in [0, 0.1) is 11.8 Å². The predicted octanol–water partition coefficient (Wildman–Crippen LogP) is 3.10. The van der Waals surface area contributed by atoms with E-state index in [4.69, 9.17) is 0 Å². The Balaban J connectivity index is 1.55. The van der Waals surface area contributed by atoms with Crippen LogP contribution in [0.25, 0.3) is 0 Å². The van der Waals surface area contributed by atoms with E-state index in [1.807, 2.05) is 6.20 Å². The van der Waals surface area contributed by atoms with E-state index in [-0.39, 0.29) is 0 Å². The summed E-state index contributed by atoms with van der Waals surface area (Å²) in [7, 11) is 0. The van der Waals surface area contributed by atoms with Gasteiger partial charge in [-0.05, 0) is 44.4 Å². The van der Waals surface area contributed by atoms with Crippen molar-refractivity contribution in [2.75, 3.05) is 0 Å². The lowest BCUT2D eigenvalue weighted by Crippen LogP contribution is -2.36. The molecule has 2 aliphatic carbocycles. The van der Waals surface area contributed by atoms with Gasteiger partial charge in [-0.1, -0.05) is 12.8 Å². The fourth-order valence-electron chi connectivity index (χ4n) is 3.35. The fraction of sp³-hybridized carbons (Fsp3) is 0.733. The van der Waals surface area contributed by atoms with Gasteiger partial charge in [-0.3, -0.25) is 9.97 Å². The summed E-state index contributed by atoms with van der Waals surface area (Å²) in [6.07, 6.45) is 13.9. The molecule has 0 aromatic carbocycles. The average Bonchev–Trinajstić information content (AvgIpc) is 3.24. The van der Waals surface area contributed by atoms with Crippen LogP contribution in [0.3, 0.4) is 0 Å². The smallest absolute Gasteiger partial charge is 0.0753 e. The Labute approximate surface area is 109 Å². The summed E-state index contributed by atoms with van der Waals surface area (Å²) in [6.45, 7) is 2.20. The second-order valence-electron chi connectivity index (χ2n) is 5.98. The number of hydrogen-bond donors (Lipinski definition) is 1. The Bertz CT molecular complexity index is 375. The minimum atomic E-state index is 0.321. The van der Waals surface area contributed by atoms with E-state index in [1.165, 1.54) is 38.5 Å². The van der Waals surface area contributed by atoms with Crippen molar-refractivity contribution in [3.05, 3.63) is 24.3 Å². The predicted molar refractivity (Wildman–Crippen MR) is 72.1 cm³/mol. The van der Waals surface area contributed by atoms with Crippen LogP contribution in [0.2, 0.25) is 0 Å². The molecule has 3 rings (SSSR count). The van der Waals surface area contributed by atoms with E-state index in [9.17, 15) is 0 Å². The zero-order valence-corrected chi connectivity index (χ0v) is 11.2. The van der Waals surface area contributed by atoms with Gasteiger partial charge in [-0.25, -0.2) is 0 Å². The molecule has 18 heavy (non-hydrogen) atoms. The molecule has 98 valence electrons. The molecule has 0 unspecified atom stereocenters. The molecule has 2 aliphatic rings. The molecular weight excluding hydrogens is 222 g/mol. The highest BCUT2D eigenvalue weighted by Gasteiger charge is 2.34. The number of aromatic nitrogens is 2. The van der Waals surface area contributed by atoms with E-state index in [0.717, 1.165) is 17.5 Å². The van der Waals surface area contributed by atoms with Crippen molar-refractivity contribution in [2.24, 2.45) is 11.8 Å². The van der Waals surface area contributed by atoms with Crippen molar-refractivity contribution < 1.29 is 0 Å². The molecule has 3 heteroatoms. The molecule has 0 amide bonds. The van der Waals surface area contributed by atoms with Crippen molar-refractivity contribution in [1.82, 2.24) is 15.3 Å². The molecule has 0 saturated heterocycles. The van der Waals surface area contributed by atoms with E-state index < -0.39 is 0 Å². The maximum absolute atomic E-state index is 4.39. The summed E-state index contributed by atoms with van der Waals surface area (Å²) in [5.41, 5.74) is 1.06. The highest BCUT2D eigenvalue weighted by Crippen LogP contribution is 2.44. The Morgan fingerprint density at radius 2 is 2.06 bits per heavy atom. The Morgan fingerprint density at radius 1 is 1.17 bits per heavy atom. The lowest BCUT2D eigenvalue weighted by atomic mass is 9.82. The zero-order valence-electron chi connectivity index (χ0n) is 11.2. The van der Waals surface area contributed by atoms with Crippen LogP contribution in [-0.4, -0.2) is 16.0 Å². The third kappa shape index (κ3) is 2.89. The lowest BCUT2D eigenvalue weighted by Gasteiger charge is -2.31. The van der Waals surface area contributed by atoms with E-state index in [1.54, 1.807) is 12.4 Å². The molecule has 3 nitrogen and oxygen atoms in total. The lowest BCUT2D eigenvalue weighted by molar-refractivity contribution is 0.248. The van der Waals surface area contributed by atoms with Gasteiger partial charge in [0.05, 0.1) is 5.69 Å². The van der Waals surface area contributed by atoms with E-state index in [2.05, 4.69) is 22.2 Å². The van der Waals surface area contributed by atoms with Crippen molar-refractivity contribution in [3.63, 3.8) is 0 Å². The maximum atomic E-state index is 4.39. The highest BCUT2D eigenvalue weighted by molar-refractivity contribution is 5.01. The van der Waals surface area contributed by atoms with Gasteiger partial charge in [-0.2, -0.15) is 0 Å². The minimum absolute atomic E-state index is 0.321. The zero-order chi connectivity index (χ0) is 12.4. The van der Waals surface area contributed by atoms with Crippen LogP contribution in [0.4, 0.5) is 0 Å². The van der Waals surface area contributed by atoms with Crippen LogP contribution in [-0.2, 0) is 0 Å². The van der Waals surface area contributed by atoms with Crippen LogP contribution in [0.5, 0.6) is 0 Å². The molecule has 1 N–H and O–H groups in total. The first-order valence-electron chi connectivity index (χ1n) is 7.35. The Kier molecular flexibility index (Phi) is 3.59. The molecular formula is C15H23N3. The third-order valence-corrected chi connectivity index (χ3v) is 4.52. The van der Waals surface area contributed by atoms with Crippen LogP contribution >= 0.6 is 0 Å². The molecule has 3 atom stereocenters. The van der Waals surface area contributed by atoms with Gasteiger partial charge in [0, 0.05) is 30.7 Å². The molecule has 0 aliphatic heterocycles. The van der Waals surface area contributed by atoms with E-state index in [0.29, 0.717) is 12.1 Å². The largest absolute Gasteiger partial charge is 0.306 e.